The lowest BCUT2D eigenvalue weighted by Crippen LogP contribution is -2.37. The SMILES string of the molecule is CC(=O)c1c[nH]c(C(=O)N(CCO)CC(F)F)c1. The lowest BCUT2D eigenvalue weighted by Gasteiger charge is -2.20. The topological polar surface area (TPSA) is 73.4 Å². The highest BCUT2D eigenvalue weighted by Crippen LogP contribution is 2.09. The Morgan fingerprint density at radius 1 is 1.50 bits per heavy atom. The summed E-state index contributed by atoms with van der Waals surface area (Å²) in [4.78, 5) is 26.3. The summed E-state index contributed by atoms with van der Waals surface area (Å²) >= 11 is 0. The Balaban J connectivity index is 2.83. The van der Waals surface area contributed by atoms with Crippen LogP contribution in [-0.4, -0.2) is 52.8 Å². The fourth-order valence-corrected chi connectivity index (χ4v) is 1.45. The number of ketones is 1. The average molecular weight is 260 g/mol. The van der Waals surface area contributed by atoms with E-state index >= 15 is 0 Å². The van der Waals surface area contributed by atoms with Crippen molar-refractivity contribution >= 4 is 11.7 Å². The Morgan fingerprint density at radius 2 is 2.17 bits per heavy atom. The molecule has 1 aromatic rings. The van der Waals surface area contributed by atoms with Gasteiger partial charge < -0.3 is 15.0 Å². The molecular formula is C11H14F2N2O3. The second kappa shape index (κ2) is 6.25. The number of hydrogen-bond acceptors (Lipinski definition) is 3. The fraction of sp³-hybridized carbons (Fsp3) is 0.455. The number of Topliss-reactive ketones (excluding diaryl/α,β-unsaturated/α-hetero) is 1. The molecule has 0 radical (unpaired) electrons. The first kappa shape index (κ1) is 14.3. The van der Waals surface area contributed by atoms with Crippen molar-refractivity contribution < 1.29 is 23.5 Å². The van der Waals surface area contributed by atoms with Gasteiger partial charge in [0.15, 0.2) is 5.78 Å². The Kier molecular flexibility index (Phi) is 4.96. The minimum absolute atomic E-state index is 0.0503. The van der Waals surface area contributed by atoms with E-state index in [0.29, 0.717) is 5.56 Å². The number of alkyl halides is 2. The second-order valence-corrected chi connectivity index (χ2v) is 3.72. The van der Waals surface area contributed by atoms with Gasteiger partial charge in [-0.2, -0.15) is 0 Å². The minimum atomic E-state index is -2.68. The van der Waals surface area contributed by atoms with Crippen molar-refractivity contribution in [3.63, 3.8) is 0 Å². The standard InChI is InChI=1S/C11H14F2N2O3/c1-7(17)8-4-9(14-5-8)11(18)15(2-3-16)6-10(12)13/h4-5,10,14,16H,2-3,6H2,1H3. The molecule has 0 aliphatic rings. The highest BCUT2D eigenvalue weighted by molar-refractivity contribution is 5.99. The van der Waals surface area contributed by atoms with Gasteiger partial charge in [0.1, 0.15) is 5.69 Å². The van der Waals surface area contributed by atoms with E-state index in [0.717, 1.165) is 4.90 Å². The molecule has 0 atom stereocenters. The zero-order valence-corrected chi connectivity index (χ0v) is 9.82. The van der Waals surface area contributed by atoms with Gasteiger partial charge in [-0.05, 0) is 13.0 Å². The first-order valence-electron chi connectivity index (χ1n) is 5.33. The van der Waals surface area contributed by atoms with Gasteiger partial charge in [-0.1, -0.05) is 0 Å². The van der Waals surface area contributed by atoms with Gasteiger partial charge in [0.2, 0.25) is 0 Å². The molecule has 1 heterocycles. The van der Waals surface area contributed by atoms with Crippen LogP contribution in [0, 0.1) is 0 Å². The number of hydrogen-bond donors (Lipinski definition) is 2. The average Bonchev–Trinajstić information content (AvgIpc) is 2.76. The molecule has 1 amide bonds. The molecule has 7 heteroatoms. The summed E-state index contributed by atoms with van der Waals surface area (Å²) < 4.78 is 24.6. The third kappa shape index (κ3) is 3.63. The van der Waals surface area contributed by atoms with E-state index in [2.05, 4.69) is 4.98 Å². The number of carbonyl (C=O) groups is 2. The van der Waals surface area contributed by atoms with Crippen molar-refractivity contribution in [2.75, 3.05) is 19.7 Å². The molecule has 0 aliphatic carbocycles. The smallest absolute Gasteiger partial charge is 0.270 e. The number of H-pyrrole nitrogens is 1. The van der Waals surface area contributed by atoms with Crippen LogP contribution in [0.1, 0.15) is 27.8 Å². The Labute approximate surface area is 102 Å². The first-order chi connectivity index (χ1) is 8.45. The van der Waals surface area contributed by atoms with Crippen molar-refractivity contribution in [3.05, 3.63) is 23.5 Å². The van der Waals surface area contributed by atoms with Gasteiger partial charge in [0.05, 0.1) is 13.2 Å². The molecule has 5 nitrogen and oxygen atoms in total. The normalized spacial score (nSPS) is 10.7. The molecule has 0 saturated carbocycles. The summed E-state index contributed by atoms with van der Waals surface area (Å²) in [6.07, 6.45) is -1.34. The molecule has 2 N–H and O–H groups in total. The quantitative estimate of drug-likeness (QED) is 0.747. The van der Waals surface area contributed by atoms with Crippen LogP contribution in [0.15, 0.2) is 12.3 Å². The molecule has 18 heavy (non-hydrogen) atoms. The number of rotatable bonds is 6. The number of amides is 1. The lowest BCUT2D eigenvalue weighted by atomic mass is 10.2. The molecule has 0 bridgehead atoms. The molecule has 1 aromatic heterocycles. The number of aromatic amines is 1. The van der Waals surface area contributed by atoms with Crippen LogP contribution in [0.25, 0.3) is 0 Å². The highest BCUT2D eigenvalue weighted by atomic mass is 19.3. The summed E-state index contributed by atoms with van der Waals surface area (Å²) in [6.45, 7) is -0.00771. The van der Waals surface area contributed by atoms with Crippen LogP contribution >= 0.6 is 0 Å². The molecule has 1 rings (SSSR count). The first-order valence-corrected chi connectivity index (χ1v) is 5.33. The molecule has 100 valence electrons. The summed E-state index contributed by atoms with van der Waals surface area (Å²) in [7, 11) is 0. The second-order valence-electron chi connectivity index (χ2n) is 3.72. The maximum Gasteiger partial charge on any atom is 0.270 e. The van der Waals surface area contributed by atoms with E-state index in [1.807, 2.05) is 0 Å². The molecule has 0 saturated heterocycles. The van der Waals surface area contributed by atoms with Crippen LogP contribution in [0.3, 0.4) is 0 Å². The highest BCUT2D eigenvalue weighted by Gasteiger charge is 2.21. The van der Waals surface area contributed by atoms with Crippen molar-refractivity contribution in [2.45, 2.75) is 13.3 Å². The number of nitrogens with zero attached hydrogens (tertiary/aromatic N) is 1. The number of carbonyl (C=O) groups excluding carboxylic acids is 2. The van der Waals surface area contributed by atoms with Crippen molar-refractivity contribution in [1.82, 2.24) is 9.88 Å². The van der Waals surface area contributed by atoms with Gasteiger partial charge in [-0.3, -0.25) is 9.59 Å². The summed E-state index contributed by atoms with van der Waals surface area (Å²) in [6, 6.07) is 1.31. The van der Waals surface area contributed by atoms with Crippen LogP contribution < -0.4 is 0 Å². The predicted octanol–water partition coefficient (Wildman–Crippen LogP) is 0.917. The number of halogens is 2. The van der Waals surface area contributed by atoms with E-state index < -0.39 is 25.5 Å². The maximum absolute atomic E-state index is 12.3. The molecule has 0 fully saturated rings. The van der Waals surface area contributed by atoms with Crippen LogP contribution in [0.4, 0.5) is 8.78 Å². The summed E-state index contributed by atoms with van der Waals surface area (Å²) in [5, 5.41) is 8.74. The van der Waals surface area contributed by atoms with Gasteiger partial charge in [-0.15, -0.1) is 0 Å². The third-order valence-corrected chi connectivity index (χ3v) is 2.34. The van der Waals surface area contributed by atoms with Gasteiger partial charge in [0, 0.05) is 18.3 Å². The Hall–Kier alpha value is -1.76. The predicted molar refractivity (Wildman–Crippen MR) is 59.8 cm³/mol. The maximum atomic E-state index is 12.3. The molecule has 0 aliphatic heterocycles. The van der Waals surface area contributed by atoms with E-state index in [1.54, 1.807) is 0 Å². The molecular weight excluding hydrogens is 246 g/mol. The molecule has 0 spiro atoms. The van der Waals surface area contributed by atoms with Crippen molar-refractivity contribution in [1.29, 1.82) is 0 Å². The fourth-order valence-electron chi connectivity index (χ4n) is 1.45. The third-order valence-electron chi connectivity index (χ3n) is 2.34. The Morgan fingerprint density at radius 3 is 2.61 bits per heavy atom. The number of aromatic nitrogens is 1. The summed E-state index contributed by atoms with van der Waals surface area (Å²) in [5.41, 5.74) is 0.355. The summed E-state index contributed by atoms with van der Waals surface area (Å²) in [5.74, 6) is -0.898. The zero-order valence-electron chi connectivity index (χ0n) is 9.82. The molecule has 0 aromatic carbocycles. The van der Waals surface area contributed by atoms with Crippen molar-refractivity contribution in [3.8, 4) is 0 Å². The number of nitrogens with one attached hydrogen (secondary N) is 1. The lowest BCUT2D eigenvalue weighted by molar-refractivity contribution is 0.0505. The van der Waals surface area contributed by atoms with E-state index in [1.165, 1.54) is 19.2 Å². The van der Waals surface area contributed by atoms with Gasteiger partial charge >= 0.3 is 0 Å². The van der Waals surface area contributed by atoms with E-state index in [-0.39, 0.29) is 18.0 Å². The van der Waals surface area contributed by atoms with Gasteiger partial charge in [-0.25, -0.2) is 8.78 Å². The zero-order chi connectivity index (χ0) is 13.7. The van der Waals surface area contributed by atoms with Crippen LogP contribution in [0.2, 0.25) is 0 Å². The minimum Gasteiger partial charge on any atom is -0.395 e. The van der Waals surface area contributed by atoms with E-state index in [4.69, 9.17) is 5.11 Å². The van der Waals surface area contributed by atoms with Gasteiger partial charge in [0.25, 0.3) is 12.3 Å². The monoisotopic (exact) mass is 260 g/mol. The largest absolute Gasteiger partial charge is 0.395 e. The van der Waals surface area contributed by atoms with E-state index in [9.17, 15) is 18.4 Å². The Bertz CT molecular complexity index is 432. The number of aliphatic hydroxyl groups is 1. The molecule has 0 unspecified atom stereocenters. The van der Waals surface area contributed by atoms with Crippen LogP contribution in [-0.2, 0) is 0 Å². The van der Waals surface area contributed by atoms with Crippen molar-refractivity contribution in [2.24, 2.45) is 0 Å². The van der Waals surface area contributed by atoms with Crippen LogP contribution in [0.5, 0.6) is 0 Å². The number of aliphatic hydroxyl groups excluding tert-OH is 1.